The molecule has 1 aromatic heterocycles. The van der Waals surface area contributed by atoms with E-state index in [4.69, 9.17) is 9.98 Å². The lowest BCUT2D eigenvalue weighted by atomic mass is 10.1. The third-order valence-electron chi connectivity index (χ3n) is 5.79. The highest BCUT2D eigenvalue weighted by atomic mass is 15.5. The van der Waals surface area contributed by atoms with Crippen LogP contribution in [-0.4, -0.2) is 40.0 Å². The van der Waals surface area contributed by atoms with E-state index < -0.39 is 0 Å². The van der Waals surface area contributed by atoms with Crippen LogP contribution in [0.25, 0.3) is 5.70 Å². The molecule has 2 aliphatic heterocycles. The maximum atomic E-state index is 5.06. The smallest absolute Gasteiger partial charge is 0.207 e. The van der Waals surface area contributed by atoms with E-state index in [1.165, 1.54) is 36.1 Å². The molecule has 1 N–H and O–H groups in total. The molecule has 3 aliphatic rings. The van der Waals surface area contributed by atoms with Crippen molar-refractivity contribution in [2.75, 3.05) is 11.9 Å². The van der Waals surface area contributed by atoms with E-state index in [-0.39, 0.29) is 0 Å². The number of aliphatic imine (C=N–C) groups is 1. The first kappa shape index (κ1) is 15.7. The fourth-order valence-corrected chi connectivity index (χ4v) is 4.71. The molecule has 26 heavy (non-hydrogen) atoms. The Labute approximate surface area is 154 Å². The number of allylic oxidation sites excluding steroid dienone is 1. The molecule has 0 amide bonds. The highest BCUT2D eigenvalue weighted by Crippen LogP contribution is 2.43. The second kappa shape index (κ2) is 5.73. The number of hydrogen-bond acceptors (Lipinski definition) is 4. The van der Waals surface area contributed by atoms with Gasteiger partial charge in [-0.15, -0.1) is 0 Å². The Kier molecular flexibility index (Phi) is 3.45. The van der Waals surface area contributed by atoms with Crippen LogP contribution in [0.4, 0.5) is 5.82 Å². The van der Waals surface area contributed by atoms with E-state index in [1.54, 1.807) is 0 Å². The van der Waals surface area contributed by atoms with Crippen molar-refractivity contribution in [2.45, 2.75) is 51.6 Å². The highest BCUT2D eigenvalue weighted by Gasteiger charge is 2.47. The summed E-state index contributed by atoms with van der Waals surface area (Å²) in [6, 6.07) is 11.4. The lowest BCUT2D eigenvalue weighted by Crippen LogP contribution is -2.47. The van der Waals surface area contributed by atoms with Crippen molar-refractivity contribution in [3.8, 4) is 0 Å². The van der Waals surface area contributed by atoms with Gasteiger partial charge in [0.1, 0.15) is 11.5 Å². The largest absolute Gasteiger partial charge is 0.339 e. The SMILES string of the molecule is CC(C)=C1c2[nH]c(Cc3ccccc3)nc2N2C(=N[C@@H]3CCC[C@@H]32)N1C. The molecule has 1 aromatic carbocycles. The topological polar surface area (TPSA) is 47.5 Å². The Morgan fingerprint density at radius 1 is 1.19 bits per heavy atom. The van der Waals surface area contributed by atoms with Gasteiger partial charge in [-0.25, -0.2) is 9.98 Å². The predicted octanol–water partition coefficient (Wildman–Crippen LogP) is 3.79. The Morgan fingerprint density at radius 2 is 2.00 bits per heavy atom. The van der Waals surface area contributed by atoms with Gasteiger partial charge in [0, 0.05) is 13.5 Å². The van der Waals surface area contributed by atoms with Crippen molar-refractivity contribution >= 4 is 17.5 Å². The van der Waals surface area contributed by atoms with Gasteiger partial charge in [-0.1, -0.05) is 35.9 Å². The van der Waals surface area contributed by atoms with Gasteiger partial charge in [0.2, 0.25) is 5.96 Å². The molecule has 0 radical (unpaired) electrons. The molecule has 0 saturated heterocycles. The number of aromatic nitrogens is 2. The standard InChI is InChI=1S/C21H25N5/c1-13(2)19-18-20(24-17(23-18)12-14-8-5-4-6-9-14)26-16-11-7-10-15(16)22-21(26)25(19)3/h4-6,8-9,15-16H,7,10-12H2,1-3H3,(H,23,24)/t15-,16+/m1/s1. The van der Waals surface area contributed by atoms with E-state index in [1.807, 2.05) is 0 Å². The minimum atomic E-state index is 0.422. The van der Waals surface area contributed by atoms with Crippen molar-refractivity contribution < 1.29 is 0 Å². The summed E-state index contributed by atoms with van der Waals surface area (Å²) in [5.74, 6) is 3.16. The van der Waals surface area contributed by atoms with Crippen molar-refractivity contribution in [1.82, 2.24) is 14.9 Å². The highest BCUT2D eigenvalue weighted by molar-refractivity contribution is 6.08. The van der Waals surface area contributed by atoms with Crippen LogP contribution in [0.15, 0.2) is 40.9 Å². The van der Waals surface area contributed by atoms with Crippen LogP contribution >= 0.6 is 0 Å². The molecule has 2 aromatic rings. The first-order chi connectivity index (χ1) is 12.6. The molecular formula is C21H25N5. The lowest BCUT2D eigenvalue weighted by molar-refractivity contribution is 0.620. The van der Waals surface area contributed by atoms with Gasteiger partial charge in [0.25, 0.3) is 0 Å². The molecule has 5 nitrogen and oxygen atoms in total. The average molecular weight is 347 g/mol. The summed E-state index contributed by atoms with van der Waals surface area (Å²) in [5, 5.41) is 0. The Hall–Kier alpha value is -2.56. The Morgan fingerprint density at radius 3 is 2.77 bits per heavy atom. The maximum absolute atomic E-state index is 5.06. The second-order valence-electron chi connectivity index (χ2n) is 7.82. The first-order valence-corrected chi connectivity index (χ1v) is 9.55. The summed E-state index contributed by atoms with van der Waals surface area (Å²) in [6.07, 6.45) is 4.48. The van der Waals surface area contributed by atoms with Crippen LogP contribution in [0.1, 0.15) is 50.2 Å². The van der Waals surface area contributed by atoms with Crippen LogP contribution in [0, 0.1) is 0 Å². The normalized spacial score (nSPS) is 23.7. The van der Waals surface area contributed by atoms with Gasteiger partial charge >= 0.3 is 0 Å². The third kappa shape index (κ3) is 2.23. The molecule has 1 fully saturated rings. The lowest BCUT2D eigenvalue weighted by Gasteiger charge is -2.37. The van der Waals surface area contributed by atoms with Crippen molar-refractivity contribution in [3.05, 3.63) is 53.0 Å². The molecule has 1 saturated carbocycles. The minimum Gasteiger partial charge on any atom is -0.339 e. The molecule has 0 bridgehead atoms. The number of anilines is 1. The van der Waals surface area contributed by atoms with E-state index in [0.717, 1.165) is 29.7 Å². The fraction of sp³-hybridized carbons (Fsp3) is 0.429. The Bertz CT molecular complexity index is 904. The van der Waals surface area contributed by atoms with Crippen molar-refractivity contribution in [3.63, 3.8) is 0 Å². The molecule has 2 atom stereocenters. The van der Waals surface area contributed by atoms with Gasteiger partial charge in [-0.2, -0.15) is 0 Å². The summed E-state index contributed by atoms with van der Waals surface area (Å²) < 4.78 is 0. The zero-order valence-electron chi connectivity index (χ0n) is 15.7. The fourth-order valence-electron chi connectivity index (χ4n) is 4.71. The number of benzene rings is 1. The van der Waals surface area contributed by atoms with Gasteiger partial charge in [-0.05, 0) is 38.7 Å². The van der Waals surface area contributed by atoms with Gasteiger partial charge in [-0.3, -0.25) is 4.90 Å². The summed E-state index contributed by atoms with van der Waals surface area (Å²) in [5.41, 5.74) is 4.91. The zero-order chi connectivity index (χ0) is 17.8. The number of rotatable bonds is 2. The first-order valence-electron chi connectivity index (χ1n) is 9.55. The van der Waals surface area contributed by atoms with Crippen LogP contribution in [-0.2, 0) is 6.42 Å². The second-order valence-corrected chi connectivity index (χ2v) is 7.82. The Balaban J connectivity index is 1.62. The number of fused-ring (bicyclic) bond motifs is 5. The number of guanidine groups is 1. The molecule has 0 unspecified atom stereocenters. The number of imidazole rings is 1. The maximum Gasteiger partial charge on any atom is 0.207 e. The molecular weight excluding hydrogens is 322 g/mol. The zero-order valence-corrected chi connectivity index (χ0v) is 15.7. The average Bonchev–Trinajstić information content (AvgIpc) is 3.29. The van der Waals surface area contributed by atoms with Gasteiger partial charge in [0.15, 0.2) is 5.82 Å². The van der Waals surface area contributed by atoms with Crippen LogP contribution in [0.3, 0.4) is 0 Å². The molecule has 1 aliphatic carbocycles. The van der Waals surface area contributed by atoms with Crippen LogP contribution in [0.2, 0.25) is 0 Å². The summed E-state index contributed by atoms with van der Waals surface area (Å²) in [7, 11) is 2.13. The molecule has 5 rings (SSSR count). The predicted molar refractivity (Wildman–Crippen MR) is 105 cm³/mol. The van der Waals surface area contributed by atoms with Gasteiger partial charge < -0.3 is 9.88 Å². The van der Waals surface area contributed by atoms with Crippen LogP contribution < -0.4 is 4.90 Å². The van der Waals surface area contributed by atoms with Gasteiger partial charge in [0.05, 0.1) is 17.8 Å². The van der Waals surface area contributed by atoms with Crippen LogP contribution in [0.5, 0.6) is 0 Å². The summed E-state index contributed by atoms with van der Waals surface area (Å²) in [6.45, 7) is 4.33. The molecule has 5 heteroatoms. The number of aromatic amines is 1. The van der Waals surface area contributed by atoms with Crippen molar-refractivity contribution in [2.24, 2.45) is 4.99 Å². The van der Waals surface area contributed by atoms with E-state index in [9.17, 15) is 0 Å². The minimum absolute atomic E-state index is 0.422. The van der Waals surface area contributed by atoms with E-state index >= 15 is 0 Å². The monoisotopic (exact) mass is 347 g/mol. The van der Waals surface area contributed by atoms with E-state index in [2.05, 4.69) is 66.0 Å². The quantitative estimate of drug-likeness (QED) is 0.899. The number of hydrogen-bond donors (Lipinski definition) is 1. The summed E-state index contributed by atoms with van der Waals surface area (Å²) in [4.78, 5) is 18.4. The molecule has 0 spiro atoms. The number of nitrogens with zero attached hydrogens (tertiary/aromatic N) is 4. The number of nitrogens with one attached hydrogen (secondary N) is 1. The number of H-pyrrole nitrogens is 1. The van der Waals surface area contributed by atoms with Crippen molar-refractivity contribution in [1.29, 1.82) is 0 Å². The molecule has 134 valence electrons. The third-order valence-corrected chi connectivity index (χ3v) is 5.79. The van der Waals surface area contributed by atoms with E-state index in [0.29, 0.717) is 12.1 Å². The summed E-state index contributed by atoms with van der Waals surface area (Å²) >= 11 is 0. The molecule has 3 heterocycles.